The first-order chi connectivity index (χ1) is 9.24. The van der Waals surface area contributed by atoms with Gasteiger partial charge in [0.1, 0.15) is 5.69 Å². The largest absolute Gasteiger partial charge is 0.352 e. The van der Waals surface area contributed by atoms with Crippen LogP contribution >= 0.6 is 24.8 Å². The molecule has 0 amide bonds. The average Bonchev–Trinajstić information content (AvgIpc) is 2.85. The Hall–Kier alpha value is -1.37. The second-order valence-corrected chi connectivity index (χ2v) is 4.94. The molecule has 0 radical (unpaired) electrons. The highest BCUT2D eigenvalue weighted by Crippen LogP contribution is 2.17. The van der Waals surface area contributed by atoms with Gasteiger partial charge >= 0.3 is 0 Å². The smallest absolute Gasteiger partial charge is 0.160 e. The molecule has 0 saturated carbocycles. The molecular weight excluding hydrogens is 311 g/mol. The van der Waals surface area contributed by atoms with Crippen LogP contribution in [0.3, 0.4) is 0 Å². The number of nitrogens with zero attached hydrogens (tertiary/aromatic N) is 5. The Morgan fingerprint density at radius 1 is 1.24 bits per heavy atom. The van der Waals surface area contributed by atoms with E-state index in [0.717, 1.165) is 37.0 Å². The fourth-order valence-corrected chi connectivity index (χ4v) is 2.37. The van der Waals surface area contributed by atoms with E-state index in [-0.39, 0.29) is 24.8 Å². The van der Waals surface area contributed by atoms with Crippen LogP contribution in [0.4, 0.5) is 5.82 Å². The third-order valence-electron chi connectivity index (χ3n) is 3.39. The first-order valence-electron chi connectivity index (χ1n) is 6.54. The number of rotatable bonds is 2. The molecule has 116 valence electrons. The lowest BCUT2D eigenvalue weighted by atomic mass is 10.2. The van der Waals surface area contributed by atoms with Crippen molar-refractivity contribution < 1.29 is 0 Å². The molecule has 8 heteroatoms. The third-order valence-corrected chi connectivity index (χ3v) is 3.39. The lowest BCUT2D eigenvalue weighted by molar-refractivity contribution is 0.481. The minimum Gasteiger partial charge on any atom is -0.352 e. The van der Waals surface area contributed by atoms with Gasteiger partial charge in [-0.05, 0) is 19.1 Å². The number of aryl methyl sites for hydroxylation is 1. The van der Waals surface area contributed by atoms with Gasteiger partial charge < -0.3 is 14.8 Å². The molecule has 3 rings (SSSR count). The Labute approximate surface area is 136 Å². The minimum absolute atomic E-state index is 0. The molecule has 1 saturated heterocycles. The fourth-order valence-electron chi connectivity index (χ4n) is 2.37. The molecule has 6 nitrogen and oxygen atoms in total. The Balaban J connectivity index is 0.00000110. The van der Waals surface area contributed by atoms with Crippen molar-refractivity contribution in [1.29, 1.82) is 0 Å². The highest BCUT2D eigenvalue weighted by atomic mass is 35.5. The number of imidazole rings is 1. The fraction of sp³-hybridized carbons (Fsp3) is 0.462. The molecule has 1 unspecified atom stereocenters. The van der Waals surface area contributed by atoms with E-state index < -0.39 is 0 Å². The molecule has 1 N–H and O–H groups in total. The van der Waals surface area contributed by atoms with Crippen molar-refractivity contribution >= 4 is 30.6 Å². The molecule has 3 heterocycles. The zero-order chi connectivity index (χ0) is 13.2. The topological polar surface area (TPSA) is 58.9 Å². The van der Waals surface area contributed by atoms with Crippen LogP contribution in [-0.2, 0) is 7.05 Å². The van der Waals surface area contributed by atoms with Gasteiger partial charge in [0.2, 0.25) is 0 Å². The summed E-state index contributed by atoms with van der Waals surface area (Å²) in [6.07, 6.45) is 3.67. The second kappa shape index (κ2) is 7.59. The first-order valence-corrected chi connectivity index (χ1v) is 6.54. The van der Waals surface area contributed by atoms with Gasteiger partial charge in [-0.2, -0.15) is 0 Å². The van der Waals surface area contributed by atoms with E-state index in [1.54, 1.807) is 6.20 Å². The molecule has 1 fully saturated rings. The summed E-state index contributed by atoms with van der Waals surface area (Å²) in [6.45, 7) is 5.11. The average molecular weight is 331 g/mol. The van der Waals surface area contributed by atoms with Gasteiger partial charge in [0.05, 0.1) is 0 Å². The van der Waals surface area contributed by atoms with Crippen LogP contribution in [0.5, 0.6) is 0 Å². The zero-order valence-electron chi connectivity index (χ0n) is 12.1. The molecule has 0 aromatic carbocycles. The third kappa shape index (κ3) is 3.84. The van der Waals surface area contributed by atoms with Crippen LogP contribution in [0.1, 0.15) is 6.92 Å². The summed E-state index contributed by atoms with van der Waals surface area (Å²) in [4.78, 5) is 6.54. The normalized spacial score (nSPS) is 17.8. The second-order valence-electron chi connectivity index (χ2n) is 4.94. The highest BCUT2D eigenvalue weighted by Gasteiger charge is 2.17. The van der Waals surface area contributed by atoms with Crippen molar-refractivity contribution in [1.82, 2.24) is 25.1 Å². The van der Waals surface area contributed by atoms with E-state index in [0.29, 0.717) is 6.04 Å². The van der Waals surface area contributed by atoms with E-state index in [9.17, 15) is 0 Å². The molecule has 2 aromatic heterocycles. The van der Waals surface area contributed by atoms with Crippen LogP contribution in [0.15, 0.2) is 24.5 Å². The van der Waals surface area contributed by atoms with Gasteiger partial charge in [-0.15, -0.1) is 35.0 Å². The predicted octanol–water partition coefficient (Wildman–Crippen LogP) is 1.52. The maximum Gasteiger partial charge on any atom is 0.160 e. The number of hydrogen-bond donors (Lipinski definition) is 1. The standard InChI is InChI=1S/C13H18N6.2ClH/c1-10-9-19(8-6-14-10)12-4-3-11(16-17-12)13-15-5-7-18(13)2;;/h3-5,7,10,14H,6,8-9H2,1-2H3;2*1H. The summed E-state index contributed by atoms with van der Waals surface area (Å²) < 4.78 is 1.94. The molecule has 21 heavy (non-hydrogen) atoms. The lowest BCUT2D eigenvalue weighted by Crippen LogP contribution is -2.49. The van der Waals surface area contributed by atoms with E-state index in [1.165, 1.54) is 0 Å². The van der Waals surface area contributed by atoms with Gasteiger partial charge in [-0.25, -0.2) is 4.98 Å². The van der Waals surface area contributed by atoms with Crippen LogP contribution < -0.4 is 10.2 Å². The summed E-state index contributed by atoms with van der Waals surface area (Å²) in [7, 11) is 1.95. The minimum atomic E-state index is 0. The lowest BCUT2D eigenvalue weighted by Gasteiger charge is -2.32. The van der Waals surface area contributed by atoms with Crippen molar-refractivity contribution in [3.8, 4) is 11.5 Å². The zero-order valence-corrected chi connectivity index (χ0v) is 13.7. The summed E-state index contributed by atoms with van der Waals surface area (Å²) in [5.41, 5.74) is 0.805. The van der Waals surface area contributed by atoms with Gasteiger partial charge in [-0.1, -0.05) is 0 Å². The summed E-state index contributed by atoms with van der Waals surface area (Å²) >= 11 is 0. The van der Waals surface area contributed by atoms with Crippen molar-refractivity contribution in [3.05, 3.63) is 24.5 Å². The van der Waals surface area contributed by atoms with Gasteiger partial charge in [-0.3, -0.25) is 0 Å². The SMILES string of the molecule is CC1CN(c2ccc(-c3nccn3C)nn2)CCN1.Cl.Cl. The molecule has 1 atom stereocenters. The van der Waals surface area contributed by atoms with Crippen molar-refractivity contribution in [2.24, 2.45) is 7.05 Å². The molecule has 0 bridgehead atoms. The molecular formula is C13H20Cl2N6. The molecule has 1 aliphatic heterocycles. The number of anilines is 1. The number of hydrogen-bond acceptors (Lipinski definition) is 5. The van der Waals surface area contributed by atoms with Crippen molar-refractivity contribution in [3.63, 3.8) is 0 Å². The summed E-state index contributed by atoms with van der Waals surface area (Å²) in [6, 6.07) is 4.50. The Morgan fingerprint density at radius 3 is 2.62 bits per heavy atom. The predicted molar refractivity (Wildman–Crippen MR) is 88.4 cm³/mol. The number of aromatic nitrogens is 4. The van der Waals surface area contributed by atoms with Gasteiger partial charge in [0, 0.05) is 45.1 Å². The Bertz CT molecular complexity index is 556. The van der Waals surface area contributed by atoms with Gasteiger partial charge in [0.25, 0.3) is 0 Å². The van der Waals surface area contributed by atoms with E-state index >= 15 is 0 Å². The van der Waals surface area contributed by atoms with Crippen molar-refractivity contribution in [2.45, 2.75) is 13.0 Å². The van der Waals surface area contributed by atoms with Crippen LogP contribution in [0, 0.1) is 0 Å². The Kier molecular flexibility index (Phi) is 6.39. The van der Waals surface area contributed by atoms with E-state index in [1.807, 2.05) is 29.9 Å². The van der Waals surface area contributed by atoms with Crippen molar-refractivity contribution in [2.75, 3.05) is 24.5 Å². The number of piperazine rings is 1. The summed E-state index contributed by atoms with van der Waals surface area (Å²) in [5.74, 6) is 1.78. The highest BCUT2D eigenvalue weighted by molar-refractivity contribution is 5.85. The molecule has 0 aliphatic carbocycles. The van der Waals surface area contributed by atoms with E-state index in [2.05, 4.69) is 32.3 Å². The van der Waals surface area contributed by atoms with E-state index in [4.69, 9.17) is 0 Å². The maximum absolute atomic E-state index is 4.33. The number of halogens is 2. The Morgan fingerprint density at radius 2 is 2.05 bits per heavy atom. The quantitative estimate of drug-likeness (QED) is 0.904. The molecule has 0 spiro atoms. The van der Waals surface area contributed by atoms with Gasteiger partial charge in [0.15, 0.2) is 11.6 Å². The monoisotopic (exact) mass is 330 g/mol. The molecule has 2 aromatic rings. The summed E-state index contributed by atoms with van der Waals surface area (Å²) in [5, 5.41) is 12.0. The van der Waals surface area contributed by atoms with Crippen LogP contribution in [-0.4, -0.2) is 45.4 Å². The first kappa shape index (κ1) is 17.7. The maximum atomic E-state index is 4.33. The van der Waals surface area contributed by atoms with Crippen LogP contribution in [0.2, 0.25) is 0 Å². The molecule has 1 aliphatic rings. The number of nitrogens with one attached hydrogen (secondary N) is 1. The van der Waals surface area contributed by atoms with Crippen LogP contribution in [0.25, 0.3) is 11.5 Å².